The van der Waals surface area contributed by atoms with Crippen LogP contribution < -0.4 is 5.56 Å². The van der Waals surface area contributed by atoms with Crippen LogP contribution in [0, 0.1) is 0 Å². The molecule has 0 saturated heterocycles. The van der Waals surface area contributed by atoms with Crippen molar-refractivity contribution < 1.29 is 9.53 Å². The Bertz CT molecular complexity index is 652. The predicted octanol–water partition coefficient (Wildman–Crippen LogP) is 1.19. The molecule has 0 aliphatic heterocycles. The lowest BCUT2D eigenvalue weighted by atomic mass is 10.3. The Morgan fingerprint density at radius 2 is 2.16 bits per heavy atom. The number of hydrogen-bond acceptors (Lipinski definition) is 5. The summed E-state index contributed by atoms with van der Waals surface area (Å²) in [7, 11) is 1.46. The molecule has 0 aliphatic carbocycles. The van der Waals surface area contributed by atoms with Gasteiger partial charge in [-0.05, 0) is 12.1 Å². The van der Waals surface area contributed by atoms with Gasteiger partial charge in [-0.3, -0.25) is 4.79 Å². The molecule has 0 aromatic carbocycles. The molecule has 2 rings (SSSR count). The Labute approximate surface area is 113 Å². The first-order valence-electron chi connectivity index (χ1n) is 5.38. The normalized spacial score (nSPS) is 10.2. The quantitative estimate of drug-likeness (QED) is 0.623. The molecule has 6 nitrogen and oxygen atoms in total. The molecule has 0 spiro atoms. The summed E-state index contributed by atoms with van der Waals surface area (Å²) in [5.74, 6) is -0.606. The zero-order valence-corrected chi connectivity index (χ0v) is 10.8. The molecule has 0 aliphatic rings. The maximum absolute atomic E-state index is 11.7. The maximum Gasteiger partial charge on any atom is 0.359 e. The Morgan fingerprint density at radius 3 is 2.79 bits per heavy atom. The molecule has 2 aromatic heterocycles. The van der Waals surface area contributed by atoms with Gasteiger partial charge in [-0.2, -0.15) is 5.10 Å². The Kier molecular flexibility index (Phi) is 3.91. The smallest absolute Gasteiger partial charge is 0.359 e. The van der Waals surface area contributed by atoms with Crippen molar-refractivity contribution in [3.63, 3.8) is 0 Å². The van der Waals surface area contributed by atoms with Gasteiger partial charge in [0, 0.05) is 24.9 Å². The minimum absolute atomic E-state index is 0.0630. The lowest BCUT2D eigenvalue weighted by Gasteiger charge is -2.04. The Balaban J connectivity index is 2.03. The molecule has 0 saturated carbocycles. The highest BCUT2D eigenvalue weighted by Gasteiger charge is 2.10. The zero-order valence-electron chi connectivity index (χ0n) is 10.0. The molecule has 0 bridgehead atoms. The van der Waals surface area contributed by atoms with Crippen molar-refractivity contribution in [3.8, 4) is 0 Å². The molecule has 19 heavy (non-hydrogen) atoms. The minimum atomic E-state index is -0.606. The summed E-state index contributed by atoms with van der Waals surface area (Å²) in [6.45, 7) is 0.0630. The number of carbonyl (C=O) groups excluding carboxylic acids is 1. The van der Waals surface area contributed by atoms with Crippen molar-refractivity contribution in [1.82, 2.24) is 14.8 Å². The minimum Gasteiger partial charge on any atom is -0.456 e. The van der Waals surface area contributed by atoms with Gasteiger partial charge in [-0.25, -0.2) is 14.5 Å². The van der Waals surface area contributed by atoms with Crippen LogP contribution in [0.15, 0.2) is 35.3 Å². The SMILES string of the molecule is Cn1nc(C(=O)OCc2ccc(Cl)nc2)ccc1=O. The van der Waals surface area contributed by atoms with Gasteiger partial charge >= 0.3 is 5.97 Å². The van der Waals surface area contributed by atoms with E-state index in [1.54, 1.807) is 12.1 Å². The molecule has 0 atom stereocenters. The lowest BCUT2D eigenvalue weighted by Crippen LogP contribution is -2.21. The number of rotatable bonds is 3. The van der Waals surface area contributed by atoms with E-state index in [0.29, 0.717) is 10.7 Å². The highest BCUT2D eigenvalue weighted by atomic mass is 35.5. The number of halogens is 1. The zero-order chi connectivity index (χ0) is 13.8. The van der Waals surface area contributed by atoms with Crippen LogP contribution in [-0.4, -0.2) is 20.7 Å². The summed E-state index contributed by atoms with van der Waals surface area (Å²) >= 11 is 5.64. The third-order valence-electron chi connectivity index (χ3n) is 2.33. The van der Waals surface area contributed by atoms with Crippen LogP contribution in [0.1, 0.15) is 16.1 Å². The van der Waals surface area contributed by atoms with Crippen LogP contribution in [0.5, 0.6) is 0 Å². The standard InChI is InChI=1S/C12H10ClN3O3/c1-16-11(17)5-3-9(15-16)12(18)19-7-8-2-4-10(13)14-6-8/h2-6H,7H2,1H3. The van der Waals surface area contributed by atoms with Gasteiger partial charge in [0.1, 0.15) is 11.8 Å². The topological polar surface area (TPSA) is 74.1 Å². The Morgan fingerprint density at radius 1 is 1.37 bits per heavy atom. The van der Waals surface area contributed by atoms with Gasteiger partial charge in [0.05, 0.1) is 0 Å². The van der Waals surface area contributed by atoms with Gasteiger partial charge in [0.15, 0.2) is 5.69 Å². The van der Waals surface area contributed by atoms with Crippen molar-refractivity contribution in [1.29, 1.82) is 0 Å². The number of aromatic nitrogens is 3. The molecule has 0 fully saturated rings. The van der Waals surface area contributed by atoms with Crippen LogP contribution >= 0.6 is 11.6 Å². The summed E-state index contributed by atoms with van der Waals surface area (Å²) < 4.78 is 6.12. The van der Waals surface area contributed by atoms with Gasteiger partial charge in [0.25, 0.3) is 5.56 Å². The van der Waals surface area contributed by atoms with Crippen molar-refractivity contribution >= 4 is 17.6 Å². The van der Waals surface area contributed by atoms with E-state index < -0.39 is 5.97 Å². The number of hydrogen-bond donors (Lipinski definition) is 0. The fourth-order valence-corrected chi connectivity index (χ4v) is 1.44. The molecular weight excluding hydrogens is 270 g/mol. The van der Waals surface area contributed by atoms with E-state index in [1.165, 1.54) is 25.4 Å². The first-order valence-corrected chi connectivity index (χ1v) is 5.76. The Hall–Kier alpha value is -2.21. The molecule has 0 N–H and O–H groups in total. The van der Waals surface area contributed by atoms with Crippen LogP contribution in [0.3, 0.4) is 0 Å². The molecule has 98 valence electrons. The molecule has 2 aromatic rings. The molecule has 0 unspecified atom stereocenters. The van der Waals surface area contributed by atoms with Crippen LogP contribution in [0.2, 0.25) is 5.15 Å². The molecule has 0 amide bonds. The summed E-state index contributed by atoms with van der Waals surface area (Å²) in [6.07, 6.45) is 1.52. The van der Waals surface area contributed by atoms with E-state index in [9.17, 15) is 9.59 Å². The van der Waals surface area contributed by atoms with Gasteiger partial charge in [-0.15, -0.1) is 0 Å². The van der Waals surface area contributed by atoms with E-state index >= 15 is 0 Å². The predicted molar refractivity (Wildman–Crippen MR) is 67.8 cm³/mol. The highest BCUT2D eigenvalue weighted by Crippen LogP contribution is 2.07. The summed E-state index contributed by atoms with van der Waals surface area (Å²) in [5.41, 5.74) is 0.491. The number of nitrogens with zero attached hydrogens (tertiary/aromatic N) is 3. The van der Waals surface area contributed by atoms with Crippen molar-refractivity contribution in [3.05, 3.63) is 57.2 Å². The van der Waals surface area contributed by atoms with Gasteiger partial charge in [-0.1, -0.05) is 17.7 Å². The number of pyridine rings is 1. The van der Waals surface area contributed by atoms with Crippen LogP contribution in [0.4, 0.5) is 0 Å². The molecule has 0 radical (unpaired) electrons. The van der Waals surface area contributed by atoms with E-state index in [0.717, 1.165) is 4.68 Å². The fourth-order valence-electron chi connectivity index (χ4n) is 1.33. The van der Waals surface area contributed by atoms with E-state index in [1.807, 2.05) is 0 Å². The summed E-state index contributed by atoms with van der Waals surface area (Å²) in [5, 5.41) is 4.16. The number of esters is 1. The first kappa shape index (κ1) is 13.2. The average Bonchev–Trinajstić information content (AvgIpc) is 2.41. The van der Waals surface area contributed by atoms with Crippen molar-refractivity contribution in [2.45, 2.75) is 6.61 Å². The number of aryl methyl sites for hydroxylation is 1. The third-order valence-corrected chi connectivity index (χ3v) is 2.55. The second-order valence-electron chi connectivity index (χ2n) is 3.75. The van der Waals surface area contributed by atoms with Crippen molar-refractivity contribution in [2.75, 3.05) is 0 Å². The van der Waals surface area contributed by atoms with Crippen molar-refractivity contribution in [2.24, 2.45) is 7.05 Å². The number of carbonyl (C=O) groups is 1. The summed E-state index contributed by atoms with van der Waals surface area (Å²) in [6, 6.07) is 5.89. The second-order valence-corrected chi connectivity index (χ2v) is 4.13. The monoisotopic (exact) mass is 279 g/mol. The van der Waals surface area contributed by atoms with Gasteiger partial charge < -0.3 is 4.74 Å². The fraction of sp³-hybridized carbons (Fsp3) is 0.167. The lowest BCUT2D eigenvalue weighted by molar-refractivity contribution is 0.0462. The second kappa shape index (κ2) is 5.62. The largest absolute Gasteiger partial charge is 0.456 e. The first-order chi connectivity index (χ1) is 9.06. The number of ether oxygens (including phenoxy) is 1. The molecular formula is C12H10ClN3O3. The van der Waals surface area contributed by atoms with E-state index in [2.05, 4.69) is 10.1 Å². The van der Waals surface area contributed by atoms with E-state index in [4.69, 9.17) is 16.3 Å². The average molecular weight is 280 g/mol. The van der Waals surface area contributed by atoms with Crippen LogP contribution in [-0.2, 0) is 18.4 Å². The highest BCUT2D eigenvalue weighted by molar-refractivity contribution is 6.29. The van der Waals surface area contributed by atoms with E-state index in [-0.39, 0.29) is 17.9 Å². The molecule has 2 heterocycles. The third kappa shape index (κ3) is 3.38. The van der Waals surface area contributed by atoms with Gasteiger partial charge in [0.2, 0.25) is 0 Å². The maximum atomic E-state index is 11.7. The summed E-state index contributed by atoms with van der Waals surface area (Å²) in [4.78, 5) is 26.7. The molecule has 7 heteroatoms. The van der Waals surface area contributed by atoms with Crippen LogP contribution in [0.25, 0.3) is 0 Å².